The van der Waals surface area contributed by atoms with Crippen LogP contribution < -0.4 is 4.74 Å². The van der Waals surface area contributed by atoms with Gasteiger partial charge in [-0.3, -0.25) is 14.4 Å². The molecule has 3 heterocycles. The lowest BCUT2D eigenvalue weighted by Crippen LogP contribution is -2.46. The van der Waals surface area contributed by atoms with Crippen molar-refractivity contribution in [1.82, 2.24) is 29.9 Å². The summed E-state index contributed by atoms with van der Waals surface area (Å²) in [6.07, 6.45) is 1.42. The summed E-state index contributed by atoms with van der Waals surface area (Å²) < 4.78 is 30.1. The summed E-state index contributed by atoms with van der Waals surface area (Å²) in [6, 6.07) is 2.70. The van der Waals surface area contributed by atoms with Crippen molar-refractivity contribution in [2.75, 3.05) is 27.3 Å². The van der Waals surface area contributed by atoms with Gasteiger partial charge in [0.1, 0.15) is 5.56 Å². The Labute approximate surface area is 177 Å². The number of hydrogen-bond acceptors (Lipinski definition) is 7. The van der Waals surface area contributed by atoms with Crippen molar-refractivity contribution >= 4 is 11.8 Å². The second-order valence-corrected chi connectivity index (χ2v) is 7.13. The van der Waals surface area contributed by atoms with Crippen molar-refractivity contribution in [3.8, 4) is 5.88 Å². The average molecular weight is 438 g/mol. The molecule has 1 aliphatic heterocycles. The standard InChI is InChI=1S/C19H24F2N6O4/c1-12-6-7-13(27-23-9-15(24-27)19(29)25(2)30-3)10-26(12)18(28)14-5-4-8-22-17(14)31-11-16(20)21/h4-5,8-9,12-13,16H,6-7,10-11H2,1-3H3/t12-,13?/m1/s1. The molecule has 2 atom stereocenters. The summed E-state index contributed by atoms with van der Waals surface area (Å²) in [5.41, 5.74) is 0.234. The first-order chi connectivity index (χ1) is 14.8. The number of piperidine rings is 1. The van der Waals surface area contributed by atoms with Crippen molar-refractivity contribution in [3.63, 3.8) is 0 Å². The van der Waals surface area contributed by atoms with Crippen LogP contribution >= 0.6 is 0 Å². The number of carbonyl (C=O) groups excluding carboxylic acids is 2. The topological polar surface area (TPSA) is 103 Å². The zero-order chi connectivity index (χ0) is 22.5. The molecule has 0 bridgehead atoms. The monoisotopic (exact) mass is 438 g/mol. The van der Waals surface area contributed by atoms with E-state index in [-0.39, 0.29) is 41.7 Å². The summed E-state index contributed by atoms with van der Waals surface area (Å²) in [5.74, 6) is -0.950. The third kappa shape index (κ3) is 5.13. The highest BCUT2D eigenvalue weighted by atomic mass is 19.3. The fourth-order valence-electron chi connectivity index (χ4n) is 3.32. The Morgan fingerprint density at radius 3 is 2.84 bits per heavy atom. The minimum absolute atomic E-state index is 0.0943. The summed E-state index contributed by atoms with van der Waals surface area (Å²) in [7, 11) is 2.83. The molecule has 2 aromatic heterocycles. The zero-order valence-electron chi connectivity index (χ0n) is 17.4. The number of halogens is 2. The molecule has 31 heavy (non-hydrogen) atoms. The van der Waals surface area contributed by atoms with Crippen LogP contribution in [-0.4, -0.2) is 81.5 Å². The largest absolute Gasteiger partial charge is 0.471 e. The number of ether oxygens (including phenoxy) is 1. The Morgan fingerprint density at radius 2 is 2.13 bits per heavy atom. The molecule has 2 amide bonds. The molecule has 0 aliphatic carbocycles. The Balaban J connectivity index is 1.77. The molecule has 168 valence electrons. The third-order valence-electron chi connectivity index (χ3n) is 5.08. The quantitative estimate of drug-likeness (QED) is 0.608. The summed E-state index contributed by atoms with van der Waals surface area (Å²) in [6.45, 7) is 1.34. The molecular formula is C19H24F2N6O4. The Hall–Kier alpha value is -3.15. The summed E-state index contributed by atoms with van der Waals surface area (Å²) in [5, 5.41) is 9.45. The van der Waals surface area contributed by atoms with Gasteiger partial charge in [0.2, 0.25) is 5.88 Å². The van der Waals surface area contributed by atoms with Crippen LogP contribution in [0.5, 0.6) is 5.88 Å². The van der Waals surface area contributed by atoms with E-state index >= 15 is 0 Å². The van der Waals surface area contributed by atoms with Crippen molar-refractivity contribution in [2.45, 2.75) is 38.3 Å². The van der Waals surface area contributed by atoms with Gasteiger partial charge in [0.05, 0.1) is 19.3 Å². The Bertz CT molecular complexity index is 924. The predicted octanol–water partition coefficient (Wildman–Crippen LogP) is 1.82. The second kappa shape index (κ2) is 9.77. The number of pyridine rings is 1. The van der Waals surface area contributed by atoms with Crippen LogP contribution in [0.2, 0.25) is 0 Å². The first kappa shape index (κ1) is 22.5. The van der Waals surface area contributed by atoms with Crippen LogP contribution in [-0.2, 0) is 4.84 Å². The number of hydrogen-bond donors (Lipinski definition) is 0. The SMILES string of the molecule is CON(C)C(=O)c1cnn(C2CC[C@@H](C)N(C(=O)c3cccnc3OCC(F)F)C2)n1. The minimum Gasteiger partial charge on any atom is -0.471 e. The maximum absolute atomic E-state index is 13.2. The number of alkyl halides is 2. The lowest BCUT2D eigenvalue weighted by atomic mass is 9.98. The van der Waals surface area contributed by atoms with Gasteiger partial charge < -0.3 is 9.64 Å². The minimum atomic E-state index is -2.68. The Morgan fingerprint density at radius 1 is 1.35 bits per heavy atom. The lowest BCUT2D eigenvalue weighted by Gasteiger charge is -2.37. The van der Waals surface area contributed by atoms with E-state index in [0.29, 0.717) is 12.8 Å². The first-order valence-corrected chi connectivity index (χ1v) is 9.72. The average Bonchev–Trinajstić information content (AvgIpc) is 3.27. The van der Waals surface area contributed by atoms with E-state index in [1.165, 1.54) is 37.4 Å². The van der Waals surface area contributed by atoms with E-state index in [1.807, 2.05) is 6.92 Å². The molecule has 0 spiro atoms. The molecule has 10 nitrogen and oxygen atoms in total. The van der Waals surface area contributed by atoms with Crippen molar-refractivity contribution in [2.24, 2.45) is 0 Å². The van der Waals surface area contributed by atoms with E-state index < -0.39 is 18.9 Å². The molecule has 12 heteroatoms. The molecule has 3 rings (SSSR count). The molecule has 2 aromatic rings. The van der Waals surface area contributed by atoms with Gasteiger partial charge in [0.15, 0.2) is 12.3 Å². The maximum Gasteiger partial charge on any atom is 0.299 e. The third-order valence-corrected chi connectivity index (χ3v) is 5.08. The fraction of sp³-hybridized carbons (Fsp3) is 0.526. The number of nitrogens with zero attached hydrogens (tertiary/aromatic N) is 6. The van der Waals surface area contributed by atoms with Crippen LogP contribution in [0.1, 0.15) is 46.7 Å². The first-order valence-electron chi connectivity index (χ1n) is 9.72. The smallest absolute Gasteiger partial charge is 0.299 e. The number of carbonyl (C=O) groups is 2. The van der Waals surface area contributed by atoms with E-state index in [2.05, 4.69) is 15.2 Å². The van der Waals surface area contributed by atoms with Crippen molar-refractivity contribution in [1.29, 1.82) is 0 Å². The summed E-state index contributed by atoms with van der Waals surface area (Å²) in [4.78, 5) is 37.2. The molecule has 1 saturated heterocycles. The number of aromatic nitrogens is 4. The number of hydroxylamine groups is 2. The van der Waals surface area contributed by atoms with Crippen LogP contribution in [0, 0.1) is 0 Å². The number of amides is 2. The van der Waals surface area contributed by atoms with Gasteiger partial charge in [-0.05, 0) is 31.9 Å². The number of likely N-dealkylation sites (tertiary alicyclic amines) is 1. The molecule has 0 radical (unpaired) electrons. The lowest BCUT2D eigenvalue weighted by molar-refractivity contribution is -0.0761. The molecule has 0 saturated carbocycles. The summed E-state index contributed by atoms with van der Waals surface area (Å²) >= 11 is 0. The highest BCUT2D eigenvalue weighted by Crippen LogP contribution is 2.28. The van der Waals surface area contributed by atoms with Crippen molar-refractivity contribution < 1.29 is 27.9 Å². The van der Waals surface area contributed by atoms with E-state index in [4.69, 9.17) is 9.57 Å². The molecule has 1 unspecified atom stereocenters. The van der Waals surface area contributed by atoms with Crippen LogP contribution in [0.15, 0.2) is 24.5 Å². The molecule has 1 aliphatic rings. The zero-order valence-corrected chi connectivity index (χ0v) is 17.4. The van der Waals surface area contributed by atoms with E-state index in [1.54, 1.807) is 11.0 Å². The van der Waals surface area contributed by atoms with Crippen LogP contribution in [0.4, 0.5) is 8.78 Å². The van der Waals surface area contributed by atoms with Gasteiger partial charge in [-0.1, -0.05) is 0 Å². The highest BCUT2D eigenvalue weighted by molar-refractivity contribution is 5.96. The van der Waals surface area contributed by atoms with Crippen molar-refractivity contribution in [3.05, 3.63) is 35.8 Å². The van der Waals surface area contributed by atoms with Crippen LogP contribution in [0.25, 0.3) is 0 Å². The second-order valence-electron chi connectivity index (χ2n) is 7.13. The van der Waals surface area contributed by atoms with Crippen LogP contribution in [0.3, 0.4) is 0 Å². The maximum atomic E-state index is 13.2. The van der Waals surface area contributed by atoms with E-state index in [0.717, 1.165) is 5.06 Å². The molecular weight excluding hydrogens is 414 g/mol. The van der Waals surface area contributed by atoms with E-state index in [9.17, 15) is 18.4 Å². The van der Waals surface area contributed by atoms with Gasteiger partial charge in [0.25, 0.3) is 18.2 Å². The number of rotatable bonds is 7. The van der Waals surface area contributed by atoms with Gasteiger partial charge in [-0.25, -0.2) is 18.8 Å². The predicted molar refractivity (Wildman–Crippen MR) is 104 cm³/mol. The van der Waals surface area contributed by atoms with Gasteiger partial charge in [-0.15, -0.1) is 5.10 Å². The molecule has 1 fully saturated rings. The van der Waals surface area contributed by atoms with Gasteiger partial charge in [-0.2, -0.15) is 9.90 Å². The molecule has 0 N–H and O–H groups in total. The normalized spacial score (nSPS) is 18.8. The van der Waals surface area contributed by atoms with Gasteiger partial charge >= 0.3 is 0 Å². The highest BCUT2D eigenvalue weighted by Gasteiger charge is 2.33. The Kier molecular flexibility index (Phi) is 7.10. The fourth-order valence-corrected chi connectivity index (χ4v) is 3.32. The molecule has 0 aromatic carbocycles. The van der Waals surface area contributed by atoms with Gasteiger partial charge in [0, 0.05) is 25.8 Å².